The van der Waals surface area contributed by atoms with Crippen LogP contribution in [0.4, 0.5) is 0 Å². The van der Waals surface area contributed by atoms with Gasteiger partial charge < -0.3 is 15.8 Å². The Hall–Kier alpha value is -1.39. The summed E-state index contributed by atoms with van der Waals surface area (Å²) >= 11 is 0. The maximum Gasteiger partial charge on any atom is 0.223 e. The van der Waals surface area contributed by atoms with Gasteiger partial charge in [0.2, 0.25) is 5.91 Å². The van der Waals surface area contributed by atoms with E-state index in [2.05, 4.69) is 11.4 Å². The van der Waals surface area contributed by atoms with Crippen LogP contribution in [0.25, 0.3) is 0 Å². The van der Waals surface area contributed by atoms with Crippen LogP contribution in [0.1, 0.15) is 30.4 Å². The number of methoxy groups -OCH3 is 1. The van der Waals surface area contributed by atoms with E-state index < -0.39 is 0 Å². The second-order valence-electron chi connectivity index (χ2n) is 5.24. The molecule has 0 aliphatic heterocycles. The Balaban J connectivity index is 1.84. The fraction of sp³-hybridized carbons (Fsp3) is 0.533. The molecule has 2 rings (SSSR count). The number of benzene rings is 1. The molecule has 2 unspecified atom stereocenters. The zero-order chi connectivity index (χ0) is 13.7. The van der Waals surface area contributed by atoms with Gasteiger partial charge in [-0.25, -0.2) is 0 Å². The summed E-state index contributed by atoms with van der Waals surface area (Å²) in [6.07, 6.45) is 2.69. The van der Waals surface area contributed by atoms with Gasteiger partial charge in [-0.3, -0.25) is 4.79 Å². The quantitative estimate of drug-likeness (QED) is 0.846. The van der Waals surface area contributed by atoms with Crippen molar-refractivity contribution in [1.29, 1.82) is 0 Å². The van der Waals surface area contributed by atoms with Crippen LogP contribution in [0.2, 0.25) is 0 Å². The van der Waals surface area contributed by atoms with Crippen LogP contribution in [0.3, 0.4) is 0 Å². The van der Waals surface area contributed by atoms with E-state index in [9.17, 15) is 4.79 Å². The summed E-state index contributed by atoms with van der Waals surface area (Å²) in [5.74, 6) is 0.224. The van der Waals surface area contributed by atoms with Gasteiger partial charge in [0.1, 0.15) is 0 Å². The highest BCUT2D eigenvalue weighted by atomic mass is 16.5. The van der Waals surface area contributed by atoms with Gasteiger partial charge in [-0.2, -0.15) is 0 Å². The summed E-state index contributed by atoms with van der Waals surface area (Å²) in [6, 6.07) is 8.27. The molecular weight excluding hydrogens is 240 g/mol. The van der Waals surface area contributed by atoms with E-state index in [0.717, 1.165) is 30.4 Å². The van der Waals surface area contributed by atoms with Crippen molar-refractivity contribution in [1.82, 2.24) is 5.32 Å². The van der Waals surface area contributed by atoms with Crippen molar-refractivity contribution in [2.24, 2.45) is 11.7 Å². The van der Waals surface area contributed by atoms with Gasteiger partial charge in [0, 0.05) is 25.6 Å². The van der Waals surface area contributed by atoms with Crippen molar-refractivity contribution < 1.29 is 9.53 Å². The van der Waals surface area contributed by atoms with Gasteiger partial charge in [-0.05, 0) is 30.4 Å². The number of nitrogens with two attached hydrogens (primary N) is 1. The van der Waals surface area contributed by atoms with E-state index in [4.69, 9.17) is 10.5 Å². The van der Waals surface area contributed by atoms with Gasteiger partial charge in [0.05, 0.1) is 6.61 Å². The van der Waals surface area contributed by atoms with Crippen LogP contribution in [0.5, 0.6) is 0 Å². The topological polar surface area (TPSA) is 64.3 Å². The second-order valence-corrected chi connectivity index (χ2v) is 5.24. The molecule has 0 saturated heterocycles. The first-order valence-electron chi connectivity index (χ1n) is 6.79. The van der Waals surface area contributed by atoms with Crippen LogP contribution < -0.4 is 11.1 Å². The van der Waals surface area contributed by atoms with E-state index in [1.807, 2.05) is 18.2 Å². The van der Waals surface area contributed by atoms with E-state index in [-0.39, 0.29) is 17.9 Å². The van der Waals surface area contributed by atoms with Crippen LogP contribution in [-0.4, -0.2) is 19.1 Å². The van der Waals surface area contributed by atoms with Gasteiger partial charge in [-0.15, -0.1) is 0 Å². The highest BCUT2D eigenvalue weighted by molar-refractivity contribution is 5.79. The minimum absolute atomic E-state index is 0.0946. The van der Waals surface area contributed by atoms with Crippen LogP contribution in [0, 0.1) is 5.92 Å². The summed E-state index contributed by atoms with van der Waals surface area (Å²) in [6.45, 7) is 1.17. The second kappa shape index (κ2) is 6.68. The van der Waals surface area contributed by atoms with E-state index in [1.54, 1.807) is 7.11 Å². The molecule has 1 saturated carbocycles. The van der Waals surface area contributed by atoms with Crippen LogP contribution in [0.15, 0.2) is 24.3 Å². The van der Waals surface area contributed by atoms with E-state index >= 15 is 0 Å². The Morgan fingerprint density at radius 1 is 1.42 bits per heavy atom. The summed E-state index contributed by atoms with van der Waals surface area (Å²) in [4.78, 5) is 12.0. The molecule has 0 spiro atoms. The zero-order valence-electron chi connectivity index (χ0n) is 11.4. The molecule has 3 N–H and O–H groups in total. The summed E-state index contributed by atoms with van der Waals surface area (Å²) in [5, 5.41) is 3.00. The number of hydrogen-bond donors (Lipinski definition) is 2. The van der Waals surface area contributed by atoms with E-state index in [0.29, 0.717) is 13.2 Å². The van der Waals surface area contributed by atoms with Crippen molar-refractivity contribution in [2.45, 2.75) is 38.5 Å². The third-order valence-corrected chi connectivity index (χ3v) is 3.61. The molecule has 104 valence electrons. The Morgan fingerprint density at radius 3 is 2.89 bits per heavy atom. The van der Waals surface area contributed by atoms with E-state index in [1.165, 1.54) is 0 Å². The molecule has 2 atom stereocenters. The Bertz CT molecular complexity index is 434. The number of carbonyl (C=O) groups excluding carboxylic acids is 1. The number of nitrogens with one attached hydrogen (secondary N) is 1. The highest BCUT2D eigenvalue weighted by Crippen LogP contribution is 2.24. The lowest BCUT2D eigenvalue weighted by Gasteiger charge is -2.11. The number of amides is 1. The average molecular weight is 262 g/mol. The number of carbonyl (C=O) groups is 1. The third-order valence-electron chi connectivity index (χ3n) is 3.61. The van der Waals surface area contributed by atoms with Crippen LogP contribution in [-0.2, 0) is 22.7 Å². The zero-order valence-corrected chi connectivity index (χ0v) is 11.4. The lowest BCUT2D eigenvalue weighted by atomic mass is 10.1. The molecule has 0 aromatic heterocycles. The monoisotopic (exact) mass is 262 g/mol. The number of ether oxygens (including phenoxy) is 1. The standard InChI is InChI=1S/C15H22N2O2/c1-19-10-12-4-2-3-11(7-12)9-17-15(18)13-5-6-14(16)8-13/h2-4,7,13-14H,5-6,8-10,16H2,1H3,(H,17,18). The number of hydrogen-bond acceptors (Lipinski definition) is 3. The van der Waals surface area contributed by atoms with Crippen molar-refractivity contribution in [3.8, 4) is 0 Å². The summed E-state index contributed by atoms with van der Waals surface area (Å²) in [5.41, 5.74) is 8.05. The van der Waals surface area contributed by atoms with Gasteiger partial charge in [0.15, 0.2) is 0 Å². The number of rotatable bonds is 5. The molecule has 0 heterocycles. The molecule has 1 fully saturated rings. The fourth-order valence-corrected chi connectivity index (χ4v) is 2.58. The normalized spacial score (nSPS) is 22.4. The molecule has 1 aliphatic carbocycles. The lowest BCUT2D eigenvalue weighted by Crippen LogP contribution is -2.30. The Kier molecular flexibility index (Phi) is 4.93. The lowest BCUT2D eigenvalue weighted by molar-refractivity contribution is -0.125. The molecule has 1 amide bonds. The predicted molar refractivity (Wildman–Crippen MR) is 74.3 cm³/mol. The van der Waals surface area contributed by atoms with Crippen molar-refractivity contribution in [2.75, 3.05) is 7.11 Å². The smallest absolute Gasteiger partial charge is 0.223 e. The van der Waals surface area contributed by atoms with Crippen molar-refractivity contribution in [3.63, 3.8) is 0 Å². The Labute approximate surface area is 114 Å². The predicted octanol–water partition coefficient (Wildman–Crippen LogP) is 1.58. The summed E-state index contributed by atoms with van der Waals surface area (Å²) < 4.78 is 5.10. The van der Waals surface area contributed by atoms with Crippen molar-refractivity contribution in [3.05, 3.63) is 35.4 Å². The van der Waals surface area contributed by atoms with Gasteiger partial charge in [-0.1, -0.05) is 24.3 Å². The molecule has 1 aromatic rings. The van der Waals surface area contributed by atoms with Crippen LogP contribution >= 0.6 is 0 Å². The molecule has 0 bridgehead atoms. The fourth-order valence-electron chi connectivity index (χ4n) is 2.58. The molecule has 4 nitrogen and oxygen atoms in total. The molecule has 4 heteroatoms. The first-order valence-corrected chi connectivity index (χ1v) is 6.79. The molecular formula is C15H22N2O2. The first-order chi connectivity index (χ1) is 9.19. The largest absolute Gasteiger partial charge is 0.380 e. The minimum atomic E-state index is 0.0946. The average Bonchev–Trinajstić information content (AvgIpc) is 2.84. The van der Waals surface area contributed by atoms with Crippen molar-refractivity contribution >= 4 is 5.91 Å². The third kappa shape index (κ3) is 4.04. The molecule has 19 heavy (non-hydrogen) atoms. The molecule has 1 aromatic carbocycles. The minimum Gasteiger partial charge on any atom is -0.380 e. The first kappa shape index (κ1) is 14.0. The Morgan fingerprint density at radius 2 is 2.21 bits per heavy atom. The van der Waals surface area contributed by atoms with Gasteiger partial charge in [0.25, 0.3) is 0 Å². The maximum atomic E-state index is 12.0. The van der Waals surface area contributed by atoms with Gasteiger partial charge >= 0.3 is 0 Å². The SMILES string of the molecule is COCc1cccc(CNC(=O)C2CCC(N)C2)c1. The highest BCUT2D eigenvalue weighted by Gasteiger charge is 2.27. The summed E-state index contributed by atoms with van der Waals surface area (Å²) in [7, 11) is 1.68. The molecule has 1 aliphatic rings. The molecule has 0 radical (unpaired) electrons. The maximum absolute atomic E-state index is 12.0.